The van der Waals surface area contributed by atoms with Crippen LogP contribution in [-0.2, 0) is 17.8 Å². The van der Waals surface area contributed by atoms with Crippen LogP contribution in [0.4, 0.5) is 18.0 Å². The highest BCUT2D eigenvalue weighted by Crippen LogP contribution is 2.27. The highest BCUT2D eigenvalue weighted by molar-refractivity contribution is 6.06. The van der Waals surface area contributed by atoms with E-state index in [0.717, 1.165) is 28.3 Å². The summed E-state index contributed by atoms with van der Waals surface area (Å²) in [7, 11) is 1.58. The summed E-state index contributed by atoms with van der Waals surface area (Å²) in [6.07, 6.45) is -3.80. The molecule has 1 saturated heterocycles. The Balaban J connectivity index is 1.63. The number of amides is 3. The van der Waals surface area contributed by atoms with Crippen LogP contribution in [0.25, 0.3) is 0 Å². The molecule has 3 amide bonds. The molecule has 1 unspecified atom stereocenters. The Kier molecular flexibility index (Phi) is 5.91. The SMILES string of the molecule is COc1ccc(CCC2(C)NC(=O)N(Cc3ccc(OC(F)(F)F)cc3)C2=O)cc1. The number of ether oxygens (including phenoxy) is 2. The van der Waals surface area contributed by atoms with E-state index in [1.165, 1.54) is 12.1 Å². The summed E-state index contributed by atoms with van der Waals surface area (Å²) in [5.41, 5.74) is 0.446. The fourth-order valence-corrected chi connectivity index (χ4v) is 3.23. The number of imide groups is 1. The molecular formula is C21H21F3N2O4. The third-order valence-corrected chi connectivity index (χ3v) is 4.92. The highest BCUT2D eigenvalue weighted by Gasteiger charge is 2.47. The molecule has 1 fully saturated rings. The minimum absolute atomic E-state index is 0.0465. The van der Waals surface area contributed by atoms with Gasteiger partial charge in [0.15, 0.2) is 0 Å². The molecule has 0 bridgehead atoms. The van der Waals surface area contributed by atoms with Crippen LogP contribution in [0.1, 0.15) is 24.5 Å². The number of halogens is 3. The van der Waals surface area contributed by atoms with E-state index in [2.05, 4.69) is 10.1 Å². The van der Waals surface area contributed by atoms with Crippen LogP contribution < -0.4 is 14.8 Å². The smallest absolute Gasteiger partial charge is 0.497 e. The van der Waals surface area contributed by atoms with Gasteiger partial charge in [-0.15, -0.1) is 13.2 Å². The Morgan fingerprint density at radius 1 is 0.967 bits per heavy atom. The van der Waals surface area contributed by atoms with Crippen LogP contribution in [-0.4, -0.2) is 35.8 Å². The van der Waals surface area contributed by atoms with E-state index in [1.807, 2.05) is 24.3 Å². The molecule has 1 heterocycles. The van der Waals surface area contributed by atoms with E-state index < -0.39 is 17.9 Å². The summed E-state index contributed by atoms with van der Waals surface area (Å²) < 4.78 is 45.7. The third kappa shape index (κ3) is 5.03. The second-order valence-corrected chi connectivity index (χ2v) is 7.19. The molecule has 160 valence electrons. The number of nitrogens with one attached hydrogen (secondary N) is 1. The van der Waals surface area contributed by atoms with Gasteiger partial charge in [-0.05, 0) is 55.2 Å². The van der Waals surface area contributed by atoms with Crippen molar-refractivity contribution in [3.63, 3.8) is 0 Å². The summed E-state index contributed by atoms with van der Waals surface area (Å²) in [6.45, 7) is 1.62. The Bertz CT molecular complexity index is 913. The minimum Gasteiger partial charge on any atom is -0.497 e. The number of hydrogen-bond acceptors (Lipinski definition) is 4. The molecule has 0 aromatic heterocycles. The summed E-state index contributed by atoms with van der Waals surface area (Å²) >= 11 is 0. The zero-order valence-electron chi connectivity index (χ0n) is 16.5. The van der Waals surface area contributed by atoms with Crippen molar-refractivity contribution in [2.75, 3.05) is 7.11 Å². The van der Waals surface area contributed by atoms with E-state index in [0.29, 0.717) is 18.4 Å². The van der Waals surface area contributed by atoms with Crippen LogP contribution in [0.2, 0.25) is 0 Å². The summed E-state index contributed by atoms with van der Waals surface area (Å²) in [6, 6.07) is 12.0. The predicted octanol–water partition coefficient (Wildman–Crippen LogP) is 4.04. The lowest BCUT2D eigenvalue weighted by Crippen LogP contribution is -2.44. The molecule has 1 aliphatic heterocycles. The third-order valence-electron chi connectivity index (χ3n) is 4.92. The molecule has 2 aromatic carbocycles. The van der Waals surface area contributed by atoms with Crippen molar-refractivity contribution < 1.29 is 32.2 Å². The molecule has 0 aliphatic carbocycles. The van der Waals surface area contributed by atoms with Gasteiger partial charge >= 0.3 is 12.4 Å². The average Bonchev–Trinajstić information content (AvgIpc) is 2.90. The highest BCUT2D eigenvalue weighted by atomic mass is 19.4. The molecule has 1 aliphatic rings. The van der Waals surface area contributed by atoms with Crippen LogP contribution in [0.15, 0.2) is 48.5 Å². The number of rotatable bonds is 7. The summed E-state index contributed by atoms with van der Waals surface area (Å²) in [5, 5.41) is 2.72. The van der Waals surface area contributed by atoms with Crippen molar-refractivity contribution >= 4 is 11.9 Å². The standard InChI is InChI=1S/C21H21F3N2O4/c1-20(12-11-14-3-7-16(29-2)8-4-14)18(27)26(19(28)25-20)13-15-5-9-17(10-6-15)30-21(22,23)24/h3-10H,11-13H2,1-2H3,(H,25,28). The molecule has 0 radical (unpaired) electrons. The number of benzene rings is 2. The van der Waals surface area contributed by atoms with E-state index in [4.69, 9.17) is 4.74 Å². The largest absolute Gasteiger partial charge is 0.573 e. The summed E-state index contributed by atoms with van der Waals surface area (Å²) in [4.78, 5) is 26.3. The van der Waals surface area contributed by atoms with E-state index in [9.17, 15) is 22.8 Å². The number of hydrogen-bond donors (Lipinski definition) is 1. The zero-order valence-corrected chi connectivity index (χ0v) is 16.5. The van der Waals surface area contributed by atoms with Gasteiger partial charge in [-0.25, -0.2) is 4.79 Å². The van der Waals surface area contributed by atoms with Crippen molar-refractivity contribution in [2.24, 2.45) is 0 Å². The molecule has 6 nitrogen and oxygen atoms in total. The number of methoxy groups -OCH3 is 1. The Hall–Kier alpha value is -3.23. The maximum Gasteiger partial charge on any atom is 0.573 e. The Labute approximate surface area is 171 Å². The van der Waals surface area contributed by atoms with Crippen LogP contribution in [0, 0.1) is 0 Å². The monoisotopic (exact) mass is 422 g/mol. The molecule has 9 heteroatoms. The fourth-order valence-electron chi connectivity index (χ4n) is 3.23. The van der Waals surface area contributed by atoms with Crippen LogP contribution >= 0.6 is 0 Å². The first kappa shape index (κ1) is 21.5. The normalized spacial score (nSPS) is 19.0. The number of nitrogens with zero attached hydrogens (tertiary/aromatic N) is 1. The lowest BCUT2D eigenvalue weighted by Gasteiger charge is -2.22. The minimum atomic E-state index is -4.78. The van der Waals surface area contributed by atoms with Crippen molar-refractivity contribution in [1.29, 1.82) is 0 Å². The van der Waals surface area contributed by atoms with Crippen molar-refractivity contribution in [3.8, 4) is 11.5 Å². The van der Waals surface area contributed by atoms with Gasteiger partial charge < -0.3 is 14.8 Å². The first-order chi connectivity index (χ1) is 14.1. The summed E-state index contributed by atoms with van der Waals surface area (Å²) in [5.74, 6) is -0.0163. The van der Waals surface area contributed by atoms with Gasteiger partial charge in [-0.2, -0.15) is 0 Å². The molecular weight excluding hydrogens is 401 g/mol. The second-order valence-electron chi connectivity index (χ2n) is 7.19. The maximum absolute atomic E-state index is 12.9. The lowest BCUT2D eigenvalue weighted by atomic mass is 9.93. The number of urea groups is 1. The van der Waals surface area contributed by atoms with E-state index in [1.54, 1.807) is 14.0 Å². The second kappa shape index (κ2) is 8.25. The van der Waals surface area contributed by atoms with E-state index in [-0.39, 0.29) is 18.2 Å². The van der Waals surface area contributed by atoms with Crippen LogP contribution in [0.3, 0.4) is 0 Å². The van der Waals surface area contributed by atoms with Crippen LogP contribution in [0.5, 0.6) is 11.5 Å². The molecule has 3 rings (SSSR count). The zero-order chi connectivity index (χ0) is 21.9. The van der Waals surface area contributed by atoms with Gasteiger partial charge in [0.1, 0.15) is 17.0 Å². The lowest BCUT2D eigenvalue weighted by molar-refractivity contribution is -0.274. The topological polar surface area (TPSA) is 67.9 Å². The number of carbonyl (C=O) groups excluding carboxylic acids is 2. The molecule has 0 saturated carbocycles. The van der Waals surface area contributed by atoms with Gasteiger partial charge in [0.05, 0.1) is 13.7 Å². The van der Waals surface area contributed by atoms with Gasteiger partial charge in [0.2, 0.25) is 0 Å². The van der Waals surface area contributed by atoms with E-state index >= 15 is 0 Å². The molecule has 1 N–H and O–H groups in total. The van der Waals surface area contributed by atoms with Gasteiger partial charge in [0.25, 0.3) is 5.91 Å². The molecule has 30 heavy (non-hydrogen) atoms. The molecule has 1 atom stereocenters. The first-order valence-electron chi connectivity index (χ1n) is 9.21. The van der Waals surface area contributed by atoms with Crippen molar-refractivity contribution in [2.45, 2.75) is 38.2 Å². The first-order valence-corrected chi connectivity index (χ1v) is 9.21. The maximum atomic E-state index is 12.9. The van der Waals surface area contributed by atoms with Crippen molar-refractivity contribution in [1.82, 2.24) is 10.2 Å². The molecule has 2 aromatic rings. The fraction of sp³-hybridized carbons (Fsp3) is 0.333. The Morgan fingerprint density at radius 2 is 1.53 bits per heavy atom. The number of aryl methyl sites for hydroxylation is 1. The average molecular weight is 422 g/mol. The van der Waals surface area contributed by atoms with Crippen molar-refractivity contribution in [3.05, 3.63) is 59.7 Å². The number of alkyl halides is 3. The van der Waals surface area contributed by atoms with Gasteiger partial charge in [-0.3, -0.25) is 9.69 Å². The predicted molar refractivity (Wildman–Crippen MR) is 102 cm³/mol. The Morgan fingerprint density at radius 3 is 2.10 bits per heavy atom. The van der Waals surface area contributed by atoms with Gasteiger partial charge in [0, 0.05) is 0 Å². The number of carbonyl (C=O) groups is 2. The quantitative estimate of drug-likeness (QED) is 0.684. The molecule has 0 spiro atoms. The van der Waals surface area contributed by atoms with Gasteiger partial charge in [-0.1, -0.05) is 24.3 Å².